The number of piperidine rings is 1. The second kappa shape index (κ2) is 9.50. The highest BCUT2D eigenvalue weighted by Gasteiger charge is 2.54. The molecule has 2 aromatic rings. The Morgan fingerprint density at radius 2 is 1.88 bits per heavy atom. The van der Waals surface area contributed by atoms with Crippen LogP contribution in [0.3, 0.4) is 0 Å². The van der Waals surface area contributed by atoms with Crippen molar-refractivity contribution in [2.45, 2.75) is 18.9 Å². The minimum atomic E-state index is -1.33. The zero-order valence-electron chi connectivity index (χ0n) is 18.6. The maximum atomic E-state index is 13.4. The fraction of sp³-hybridized carbons (Fsp3) is 0.333. The highest BCUT2D eigenvalue weighted by Crippen LogP contribution is 2.38. The van der Waals surface area contributed by atoms with Crippen molar-refractivity contribution in [1.82, 2.24) is 9.91 Å². The van der Waals surface area contributed by atoms with Gasteiger partial charge in [0.1, 0.15) is 23.6 Å². The summed E-state index contributed by atoms with van der Waals surface area (Å²) in [6.07, 6.45) is -1.68. The van der Waals surface area contributed by atoms with Gasteiger partial charge in [0.05, 0.1) is 5.71 Å². The molecular formula is C24H25FN4O5. The number of benzene rings is 2. The third kappa shape index (κ3) is 4.70. The molecule has 2 atom stereocenters. The Hall–Kier alpha value is -3.95. The molecule has 34 heavy (non-hydrogen) atoms. The van der Waals surface area contributed by atoms with Crippen LogP contribution in [0.5, 0.6) is 5.75 Å². The van der Waals surface area contributed by atoms with Crippen molar-refractivity contribution in [3.63, 3.8) is 0 Å². The number of nitrogens with zero attached hydrogens (tertiary/aromatic N) is 3. The summed E-state index contributed by atoms with van der Waals surface area (Å²) in [4.78, 5) is 39.6. The van der Waals surface area contributed by atoms with Crippen molar-refractivity contribution in [2.75, 3.05) is 26.7 Å². The van der Waals surface area contributed by atoms with Crippen LogP contribution in [0.15, 0.2) is 59.7 Å². The summed E-state index contributed by atoms with van der Waals surface area (Å²) in [6.45, 7) is 0.0623. The number of hydrazone groups is 1. The maximum Gasteiger partial charge on any atom is 0.405 e. The molecule has 1 saturated heterocycles. The van der Waals surface area contributed by atoms with Gasteiger partial charge >= 0.3 is 6.09 Å². The number of hydrogen-bond acceptors (Lipinski definition) is 6. The van der Waals surface area contributed by atoms with Gasteiger partial charge in [-0.2, -0.15) is 5.10 Å². The van der Waals surface area contributed by atoms with Crippen molar-refractivity contribution in [2.24, 2.45) is 16.3 Å². The number of halogens is 1. The lowest BCUT2D eigenvalue weighted by molar-refractivity contribution is -0.146. The van der Waals surface area contributed by atoms with Gasteiger partial charge in [-0.15, -0.1) is 0 Å². The summed E-state index contributed by atoms with van der Waals surface area (Å²) in [5.74, 6) is -0.865. The molecule has 0 bridgehead atoms. The van der Waals surface area contributed by atoms with Gasteiger partial charge in [-0.05, 0) is 36.2 Å². The Bertz CT molecular complexity index is 1110. The molecule has 178 valence electrons. The van der Waals surface area contributed by atoms with E-state index in [2.05, 4.69) is 5.10 Å². The average Bonchev–Trinajstić information content (AvgIpc) is 3.07. The summed E-state index contributed by atoms with van der Waals surface area (Å²) in [5, 5.41) is 5.75. The summed E-state index contributed by atoms with van der Waals surface area (Å²) >= 11 is 0. The monoisotopic (exact) mass is 468 g/mol. The lowest BCUT2D eigenvalue weighted by Gasteiger charge is -2.40. The molecule has 9 nitrogen and oxygen atoms in total. The standard InChI is InChI=1S/C24H25FN4O5/c1-28-22(31)24(13-16-5-3-2-4-6-16)15-29(12-11-20(24)27-28)21(30)19(34-23(26)32)14-33-18-9-7-17(25)8-10-18/h2-10,19H,11-15H2,1H3,(H2,26,32)/t19?,24-/m1/s1. The largest absolute Gasteiger partial charge is 0.489 e. The number of rotatable bonds is 7. The Morgan fingerprint density at radius 3 is 2.56 bits per heavy atom. The van der Waals surface area contributed by atoms with Crippen LogP contribution in [-0.4, -0.2) is 66.4 Å². The molecule has 1 unspecified atom stereocenters. The van der Waals surface area contributed by atoms with E-state index in [0.717, 1.165) is 11.3 Å². The number of fused-ring (bicyclic) bond motifs is 1. The lowest BCUT2D eigenvalue weighted by Crippen LogP contribution is -2.58. The topological polar surface area (TPSA) is 115 Å². The molecule has 0 aromatic heterocycles. The van der Waals surface area contributed by atoms with Crippen LogP contribution in [0.4, 0.5) is 9.18 Å². The zero-order chi connectivity index (χ0) is 24.3. The quantitative estimate of drug-likeness (QED) is 0.667. The molecule has 0 radical (unpaired) electrons. The Kier molecular flexibility index (Phi) is 6.49. The highest BCUT2D eigenvalue weighted by atomic mass is 19.1. The predicted octanol–water partition coefficient (Wildman–Crippen LogP) is 1.96. The van der Waals surface area contributed by atoms with Crippen molar-refractivity contribution in [3.05, 3.63) is 66.0 Å². The summed E-state index contributed by atoms with van der Waals surface area (Å²) < 4.78 is 23.7. The fourth-order valence-electron chi connectivity index (χ4n) is 4.42. The smallest absolute Gasteiger partial charge is 0.405 e. The van der Waals surface area contributed by atoms with Crippen molar-refractivity contribution in [1.29, 1.82) is 0 Å². The van der Waals surface area contributed by atoms with Gasteiger partial charge < -0.3 is 20.1 Å². The van der Waals surface area contributed by atoms with E-state index < -0.39 is 29.3 Å². The minimum Gasteiger partial charge on any atom is -0.489 e. The van der Waals surface area contributed by atoms with Gasteiger partial charge in [0, 0.05) is 26.6 Å². The molecule has 2 N–H and O–H groups in total. The van der Waals surface area contributed by atoms with E-state index in [4.69, 9.17) is 15.2 Å². The third-order valence-corrected chi connectivity index (χ3v) is 6.01. The van der Waals surface area contributed by atoms with Crippen LogP contribution in [0, 0.1) is 11.2 Å². The molecule has 0 aliphatic carbocycles. The Morgan fingerprint density at radius 1 is 1.18 bits per heavy atom. The van der Waals surface area contributed by atoms with Crippen LogP contribution in [0.1, 0.15) is 12.0 Å². The number of carbonyl (C=O) groups excluding carboxylic acids is 3. The van der Waals surface area contributed by atoms with Crippen LogP contribution < -0.4 is 10.5 Å². The van der Waals surface area contributed by atoms with Crippen LogP contribution in [0.25, 0.3) is 0 Å². The maximum absolute atomic E-state index is 13.4. The van der Waals surface area contributed by atoms with Gasteiger partial charge in [-0.1, -0.05) is 30.3 Å². The number of ether oxygens (including phenoxy) is 2. The summed E-state index contributed by atoms with van der Waals surface area (Å²) in [5.41, 5.74) is 5.85. The lowest BCUT2D eigenvalue weighted by atomic mass is 9.73. The molecule has 10 heteroatoms. The van der Waals surface area contributed by atoms with E-state index in [1.54, 1.807) is 7.05 Å². The number of hydrogen-bond donors (Lipinski definition) is 1. The first-order chi connectivity index (χ1) is 16.3. The van der Waals surface area contributed by atoms with Crippen molar-refractivity contribution in [3.8, 4) is 5.75 Å². The van der Waals surface area contributed by atoms with Crippen LogP contribution in [-0.2, 0) is 20.7 Å². The number of amides is 3. The highest BCUT2D eigenvalue weighted by molar-refractivity contribution is 6.13. The predicted molar refractivity (Wildman–Crippen MR) is 120 cm³/mol. The first kappa shape index (κ1) is 23.2. The fourth-order valence-corrected chi connectivity index (χ4v) is 4.42. The van der Waals surface area contributed by atoms with Gasteiger partial charge in [-0.25, -0.2) is 14.2 Å². The van der Waals surface area contributed by atoms with E-state index in [-0.39, 0.29) is 19.1 Å². The zero-order valence-corrected chi connectivity index (χ0v) is 18.6. The van der Waals surface area contributed by atoms with E-state index in [0.29, 0.717) is 25.1 Å². The average molecular weight is 468 g/mol. The molecule has 3 amide bonds. The van der Waals surface area contributed by atoms with E-state index in [1.165, 1.54) is 34.2 Å². The molecule has 0 saturated carbocycles. The minimum absolute atomic E-state index is 0.0813. The van der Waals surface area contributed by atoms with E-state index >= 15 is 0 Å². The second-order valence-electron chi connectivity index (χ2n) is 8.32. The SMILES string of the molecule is CN1N=C2CCN(C(=O)C(COc3ccc(F)cc3)OC(N)=O)C[C@@]2(Cc2ccccc2)C1=O. The molecular weight excluding hydrogens is 443 g/mol. The van der Waals surface area contributed by atoms with Crippen LogP contribution >= 0.6 is 0 Å². The van der Waals surface area contributed by atoms with Crippen LogP contribution in [0.2, 0.25) is 0 Å². The van der Waals surface area contributed by atoms with Crippen molar-refractivity contribution < 1.29 is 28.2 Å². The molecule has 4 rings (SSSR count). The van der Waals surface area contributed by atoms with Gasteiger partial charge in [-0.3, -0.25) is 9.59 Å². The molecule has 2 aliphatic rings. The summed E-state index contributed by atoms with van der Waals surface area (Å²) in [7, 11) is 1.60. The third-order valence-electron chi connectivity index (χ3n) is 6.01. The van der Waals surface area contributed by atoms with Gasteiger partial charge in [0.25, 0.3) is 11.8 Å². The van der Waals surface area contributed by atoms with E-state index in [9.17, 15) is 18.8 Å². The number of primary amides is 1. The number of carbonyl (C=O) groups is 3. The summed E-state index contributed by atoms with van der Waals surface area (Å²) in [6, 6.07) is 14.7. The van der Waals surface area contributed by atoms with Crippen molar-refractivity contribution >= 4 is 23.6 Å². The first-order valence-electron chi connectivity index (χ1n) is 10.8. The Balaban J connectivity index is 1.54. The number of likely N-dealkylation sites (tertiary alicyclic amines) is 1. The van der Waals surface area contributed by atoms with Gasteiger partial charge in [0.15, 0.2) is 0 Å². The molecule has 2 heterocycles. The molecule has 2 aliphatic heterocycles. The normalized spacial score (nSPS) is 20.4. The molecule has 0 spiro atoms. The molecule has 1 fully saturated rings. The van der Waals surface area contributed by atoms with E-state index in [1.807, 2.05) is 30.3 Å². The Labute approximate surface area is 195 Å². The molecule has 2 aromatic carbocycles. The first-order valence-corrected chi connectivity index (χ1v) is 10.8. The number of nitrogens with two attached hydrogens (primary N) is 1. The van der Waals surface area contributed by atoms with Gasteiger partial charge in [0.2, 0.25) is 6.10 Å². The second-order valence-corrected chi connectivity index (χ2v) is 8.32.